The second-order valence-corrected chi connectivity index (χ2v) is 5.56. The van der Waals surface area contributed by atoms with Crippen molar-refractivity contribution in [3.8, 4) is 39.6 Å². The van der Waals surface area contributed by atoms with Crippen LogP contribution in [0.2, 0.25) is 0 Å². The van der Waals surface area contributed by atoms with E-state index >= 15 is 0 Å². The van der Waals surface area contributed by atoms with Gasteiger partial charge in [-0.3, -0.25) is 5.10 Å². The Morgan fingerprint density at radius 2 is 1.74 bits per heavy atom. The molecule has 3 N–H and O–H groups in total. The predicted molar refractivity (Wildman–Crippen MR) is 91.4 cm³/mol. The molecule has 0 amide bonds. The summed E-state index contributed by atoms with van der Waals surface area (Å²) in [6.07, 6.45) is 0. The normalized spacial score (nSPS) is 10.6. The zero-order valence-corrected chi connectivity index (χ0v) is 13.9. The third-order valence-electron chi connectivity index (χ3n) is 3.56. The van der Waals surface area contributed by atoms with Crippen molar-refractivity contribution in [2.75, 3.05) is 27.1 Å². The Balaban J connectivity index is 2.20. The maximum atomic E-state index is 6.04. The lowest BCUT2D eigenvalue weighted by atomic mass is 10.0. The van der Waals surface area contributed by atoms with Gasteiger partial charge in [0.1, 0.15) is 0 Å². The third-order valence-corrected chi connectivity index (χ3v) is 4.24. The summed E-state index contributed by atoms with van der Waals surface area (Å²) in [6, 6.07) is 5.74. The van der Waals surface area contributed by atoms with Gasteiger partial charge in [-0.1, -0.05) is 0 Å². The summed E-state index contributed by atoms with van der Waals surface area (Å²) in [7, 11) is 4.75. The number of nitrogens with one attached hydrogen (secondary N) is 1. The van der Waals surface area contributed by atoms with Crippen molar-refractivity contribution in [2.24, 2.45) is 0 Å². The molecule has 0 unspecified atom stereocenters. The van der Waals surface area contributed by atoms with E-state index in [1.54, 1.807) is 32.7 Å². The maximum absolute atomic E-state index is 6.04. The number of ether oxygens (including phenoxy) is 3. The fraction of sp³-hybridized carbons (Fsp3) is 0.188. The summed E-state index contributed by atoms with van der Waals surface area (Å²) in [5.74, 6) is 2.15. The highest BCUT2D eigenvalue weighted by Gasteiger charge is 2.19. The van der Waals surface area contributed by atoms with Gasteiger partial charge in [0.05, 0.1) is 32.6 Å². The van der Waals surface area contributed by atoms with Gasteiger partial charge in [-0.2, -0.15) is 16.4 Å². The van der Waals surface area contributed by atoms with Crippen molar-refractivity contribution in [3.63, 3.8) is 0 Å². The smallest absolute Gasteiger partial charge is 0.203 e. The number of thiophene rings is 1. The fourth-order valence-electron chi connectivity index (χ4n) is 2.49. The van der Waals surface area contributed by atoms with E-state index in [9.17, 15) is 0 Å². The van der Waals surface area contributed by atoms with Crippen molar-refractivity contribution in [2.45, 2.75) is 0 Å². The largest absolute Gasteiger partial charge is 0.493 e. The van der Waals surface area contributed by atoms with E-state index < -0.39 is 0 Å². The molecule has 0 radical (unpaired) electrons. The maximum Gasteiger partial charge on any atom is 0.203 e. The monoisotopic (exact) mass is 331 g/mol. The standard InChI is InChI=1S/C16H17N3O3S/c1-20-11-6-10(7-12(21-2)15(11)22-3)14-13(16(17)19-18-14)9-4-5-23-8-9/h4-8H,1-3H3,(H3,17,18,19). The van der Waals surface area contributed by atoms with E-state index in [1.807, 2.05) is 29.0 Å². The number of benzene rings is 1. The van der Waals surface area contributed by atoms with Crippen LogP contribution in [0.15, 0.2) is 29.0 Å². The first-order valence-electron chi connectivity index (χ1n) is 6.86. The molecular formula is C16H17N3O3S. The molecule has 0 bridgehead atoms. The number of anilines is 1. The van der Waals surface area contributed by atoms with E-state index in [-0.39, 0.29) is 0 Å². The average Bonchev–Trinajstić information content (AvgIpc) is 3.22. The summed E-state index contributed by atoms with van der Waals surface area (Å²) in [5, 5.41) is 11.2. The number of hydrogen-bond donors (Lipinski definition) is 2. The lowest BCUT2D eigenvalue weighted by Crippen LogP contribution is -1.96. The molecule has 23 heavy (non-hydrogen) atoms. The molecular weight excluding hydrogens is 314 g/mol. The number of methoxy groups -OCH3 is 3. The van der Waals surface area contributed by atoms with Crippen molar-refractivity contribution in [1.82, 2.24) is 10.2 Å². The van der Waals surface area contributed by atoms with Gasteiger partial charge < -0.3 is 19.9 Å². The molecule has 7 heteroatoms. The van der Waals surface area contributed by atoms with Crippen LogP contribution in [0.4, 0.5) is 5.82 Å². The minimum Gasteiger partial charge on any atom is -0.493 e. The lowest BCUT2D eigenvalue weighted by molar-refractivity contribution is 0.324. The van der Waals surface area contributed by atoms with E-state index in [4.69, 9.17) is 19.9 Å². The Kier molecular flexibility index (Phi) is 4.12. The summed E-state index contributed by atoms with van der Waals surface area (Å²) in [4.78, 5) is 0. The van der Waals surface area contributed by atoms with Gasteiger partial charge in [0.15, 0.2) is 17.3 Å². The van der Waals surface area contributed by atoms with Gasteiger partial charge >= 0.3 is 0 Å². The van der Waals surface area contributed by atoms with Crippen LogP contribution in [-0.2, 0) is 0 Å². The molecule has 0 saturated carbocycles. The molecule has 3 aromatic rings. The molecule has 120 valence electrons. The molecule has 0 atom stereocenters. The lowest BCUT2D eigenvalue weighted by Gasteiger charge is -2.14. The number of rotatable bonds is 5. The molecule has 0 saturated heterocycles. The minimum absolute atomic E-state index is 0.451. The number of aromatic nitrogens is 2. The molecule has 2 aromatic heterocycles. The summed E-state index contributed by atoms with van der Waals surface area (Å²) in [5.41, 5.74) is 9.58. The summed E-state index contributed by atoms with van der Waals surface area (Å²) >= 11 is 1.61. The van der Waals surface area contributed by atoms with Gasteiger partial charge in [0.25, 0.3) is 0 Å². The number of hydrogen-bond acceptors (Lipinski definition) is 6. The molecule has 2 heterocycles. The molecule has 0 fully saturated rings. The van der Waals surface area contributed by atoms with E-state index in [0.717, 1.165) is 22.4 Å². The Labute approximate surface area is 137 Å². The summed E-state index contributed by atoms with van der Waals surface area (Å²) in [6.45, 7) is 0. The van der Waals surface area contributed by atoms with Crippen molar-refractivity contribution < 1.29 is 14.2 Å². The Bertz CT molecular complexity index is 787. The predicted octanol–water partition coefficient (Wildman–Crippen LogP) is 3.41. The SMILES string of the molecule is COc1cc(-c2[nH]nc(N)c2-c2ccsc2)cc(OC)c1OC. The highest BCUT2D eigenvalue weighted by molar-refractivity contribution is 7.08. The Morgan fingerprint density at radius 3 is 2.26 bits per heavy atom. The van der Waals surface area contributed by atoms with Crippen molar-refractivity contribution in [1.29, 1.82) is 0 Å². The molecule has 6 nitrogen and oxygen atoms in total. The van der Waals surface area contributed by atoms with E-state index in [0.29, 0.717) is 23.1 Å². The molecule has 1 aromatic carbocycles. The van der Waals surface area contributed by atoms with E-state index in [1.165, 1.54) is 0 Å². The van der Waals surface area contributed by atoms with Gasteiger partial charge in [0, 0.05) is 5.56 Å². The van der Waals surface area contributed by atoms with Crippen LogP contribution in [0, 0.1) is 0 Å². The summed E-state index contributed by atoms with van der Waals surface area (Å²) < 4.78 is 16.2. The average molecular weight is 331 g/mol. The first-order chi connectivity index (χ1) is 11.2. The zero-order chi connectivity index (χ0) is 16.4. The highest BCUT2D eigenvalue weighted by Crippen LogP contribution is 2.43. The van der Waals surface area contributed by atoms with Gasteiger partial charge in [-0.05, 0) is 34.5 Å². The van der Waals surface area contributed by atoms with Crippen molar-refractivity contribution in [3.05, 3.63) is 29.0 Å². The topological polar surface area (TPSA) is 82.4 Å². The second kappa shape index (κ2) is 6.21. The number of nitrogens with two attached hydrogens (primary N) is 1. The molecule has 0 aliphatic heterocycles. The highest BCUT2D eigenvalue weighted by atomic mass is 32.1. The minimum atomic E-state index is 0.451. The van der Waals surface area contributed by atoms with Crippen LogP contribution in [0.3, 0.4) is 0 Å². The number of nitrogen functional groups attached to an aromatic ring is 1. The van der Waals surface area contributed by atoms with Crippen LogP contribution in [0.1, 0.15) is 0 Å². The zero-order valence-electron chi connectivity index (χ0n) is 13.0. The molecule has 0 aliphatic carbocycles. The first-order valence-corrected chi connectivity index (χ1v) is 7.80. The number of aromatic amines is 1. The van der Waals surface area contributed by atoms with Crippen LogP contribution in [0.5, 0.6) is 17.2 Å². The van der Waals surface area contributed by atoms with Gasteiger partial charge in [0.2, 0.25) is 5.75 Å². The van der Waals surface area contributed by atoms with Crippen LogP contribution in [-0.4, -0.2) is 31.5 Å². The van der Waals surface area contributed by atoms with Gasteiger partial charge in [-0.25, -0.2) is 0 Å². The fourth-order valence-corrected chi connectivity index (χ4v) is 3.14. The molecule has 3 rings (SSSR count). The number of nitrogens with zero attached hydrogens (tertiary/aromatic N) is 1. The second-order valence-electron chi connectivity index (χ2n) is 4.78. The van der Waals surface area contributed by atoms with Crippen LogP contribution in [0.25, 0.3) is 22.4 Å². The van der Waals surface area contributed by atoms with Crippen LogP contribution >= 0.6 is 11.3 Å². The number of H-pyrrole nitrogens is 1. The third kappa shape index (κ3) is 2.59. The molecule has 0 aliphatic rings. The first kappa shape index (κ1) is 15.2. The van der Waals surface area contributed by atoms with Gasteiger partial charge in [-0.15, -0.1) is 0 Å². The molecule has 0 spiro atoms. The Hall–Kier alpha value is -2.67. The van der Waals surface area contributed by atoms with Crippen LogP contribution < -0.4 is 19.9 Å². The van der Waals surface area contributed by atoms with E-state index in [2.05, 4.69) is 10.2 Å². The Morgan fingerprint density at radius 1 is 1.04 bits per heavy atom. The van der Waals surface area contributed by atoms with Crippen molar-refractivity contribution >= 4 is 17.2 Å². The quantitative estimate of drug-likeness (QED) is 0.748.